The number of hydrogen-bond donors (Lipinski definition) is 4. The Labute approximate surface area is 276 Å². The molecule has 4 aromatic rings. The highest BCUT2D eigenvalue weighted by Gasteiger charge is 2.51. The molecule has 1 fully saturated rings. The minimum Gasteiger partial charge on any atom is -0.492 e. The van der Waals surface area contributed by atoms with Gasteiger partial charge in [0, 0.05) is 26.3 Å². The van der Waals surface area contributed by atoms with E-state index >= 15 is 0 Å². The van der Waals surface area contributed by atoms with Crippen molar-refractivity contribution in [2.45, 2.75) is 50.2 Å². The summed E-state index contributed by atoms with van der Waals surface area (Å²) in [5.41, 5.74) is 2.97. The van der Waals surface area contributed by atoms with Crippen molar-refractivity contribution in [2.24, 2.45) is 0 Å². The van der Waals surface area contributed by atoms with Crippen molar-refractivity contribution < 1.29 is 38.3 Å². The molecule has 0 spiro atoms. The summed E-state index contributed by atoms with van der Waals surface area (Å²) in [5, 5.41) is 42.6. The number of hydrogen-bond acceptors (Lipinski definition) is 8. The molecular weight excluding hydrogens is 620 g/mol. The van der Waals surface area contributed by atoms with Crippen LogP contribution >= 0.6 is 0 Å². The van der Waals surface area contributed by atoms with Gasteiger partial charge in [0.1, 0.15) is 36.9 Å². The highest BCUT2D eigenvalue weighted by atomic mass is 32.2. The topological polar surface area (TPSA) is 140 Å². The maximum atomic E-state index is 14.9. The van der Waals surface area contributed by atoms with Gasteiger partial charge in [0.15, 0.2) is 0 Å². The molecule has 4 N–H and O–H groups in total. The number of ether oxygens (including phenoxy) is 2. The zero-order valence-electron chi connectivity index (χ0n) is 26.1. The molecule has 0 radical (unpaired) electrons. The van der Waals surface area contributed by atoms with Crippen LogP contribution in [0.3, 0.4) is 0 Å². The number of para-hydroxylation sites is 2. The van der Waals surface area contributed by atoms with Crippen LogP contribution in [0.25, 0.3) is 0 Å². The first kappa shape index (κ1) is 34.5. The third kappa shape index (κ3) is 8.76. The molecule has 4 aromatic carbocycles. The van der Waals surface area contributed by atoms with E-state index in [1.54, 1.807) is 72.8 Å². The first-order valence-electron chi connectivity index (χ1n) is 15.7. The van der Waals surface area contributed by atoms with E-state index in [0.29, 0.717) is 35.5 Å². The van der Waals surface area contributed by atoms with E-state index < -0.39 is 34.5 Å². The molecule has 47 heavy (non-hydrogen) atoms. The van der Waals surface area contributed by atoms with Crippen molar-refractivity contribution in [1.82, 2.24) is 8.61 Å². The maximum absolute atomic E-state index is 14.9. The van der Waals surface area contributed by atoms with Crippen LogP contribution in [0.1, 0.15) is 22.3 Å². The molecule has 0 aromatic heterocycles. The smallest absolute Gasteiger partial charge is 0.283 e. The predicted molar refractivity (Wildman–Crippen MR) is 178 cm³/mol. The van der Waals surface area contributed by atoms with Crippen molar-refractivity contribution in [3.63, 3.8) is 0 Å². The van der Waals surface area contributed by atoms with E-state index in [0.717, 1.165) is 11.1 Å². The Balaban J connectivity index is 1.58. The van der Waals surface area contributed by atoms with Crippen LogP contribution in [0, 0.1) is 0 Å². The second-order valence-electron chi connectivity index (χ2n) is 11.5. The molecule has 1 saturated heterocycles. The zero-order chi connectivity index (χ0) is 33.2. The van der Waals surface area contributed by atoms with Crippen LogP contribution in [-0.4, -0.2) is 88.2 Å². The van der Waals surface area contributed by atoms with E-state index in [-0.39, 0.29) is 39.5 Å². The van der Waals surface area contributed by atoms with Gasteiger partial charge in [0.05, 0.1) is 12.1 Å². The Morgan fingerprint density at radius 2 is 0.936 bits per heavy atom. The van der Waals surface area contributed by atoms with Gasteiger partial charge in [-0.05, 0) is 59.4 Å². The largest absolute Gasteiger partial charge is 0.492 e. The van der Waals surface area contributed by atoms with Crippen LogP contribution in [0.4, 0.5) is 0 Å². The monoisotopic (exact) mass is 662 g/mol. The fourth-order valence-electron chi connectivity index (χ4n) is 5.82. The van der Waals surface area contributed by atoms with Crippen molar-refractivity contribution in [2.75, 3.05) is 26.4 Å². The normalized spacial score (nSPS) is 21.6. The van der Waals surface area contributed by atoms with Gasteiger partial charge < -0.3 is 29.9 Å². The van der Waals surface area contributed by atoms with Gasteiger partial charge >= 0.3 is 0 Å². The second-order valence-corrected chi connectivity index (χ2v) is 13.4. The molecule has 0 bridgehead atoms. The minimum atomic E-state index is -4.43. The Kier molecular flexibility index (Phi) is 12.0. The van der Waals surface area contributed by atoms with E-state index in [1.807, 2.05) is 36.4 Å². The zero-order valence-corrected chi connectivity index (χ0v) is 26.9. The van der Waals surface area contributed by atoms with E-state index in [2.05, 4.69) is 0 Å². The summed E-state index contributed by atoms with van der Waals surface area (Å²) in [7, 11) is -4.43. The van der Waals surface area contributed by atoms with Gasteiger partial charge in [0.2, 0.25) is 0 Å². The molecule has 1 aliphatic heterocycles. The Hall–Kier alpha value is -3.81. The SMILES string of the molecule is O=S1(=O)N(Cc2cccc(CCO)c2)[C@@H](COc2ccccc2)[C@@H](O)[C@H](O)[C@H](COc2ccccc2)N1Cc1cccc(CCO)c1. The molecule has 10 nitrogen and oxygen atoms in total. The third-order valence-corrected chi connectivity index (χ3v) is 10.2. The van der Waals surface area contributed by atoms with E-state index in [1.165, 1.54) is 8.61 Å². The van der Waals surface area contributed by atoms with Crippen LogP contribution in [-0.2, 0) is 36.1 Å². The van der Waals surface area contributed by atoms with Crippen LogP contribution in [0.2, 0.25) is 0 Å². The average Bonchev–Trinajstić information content (AvgIpc) is 3.13. The Bertz CT molecular complexity index is 1540. The Morgan fingerprint density at radius 1 is 0.553 bits per heavy atom. The minimum absolute atomic E-state index is 0.0594. The molecular formula is C36H42N2O8S. The van der Waals surface area contributed by atoms with Crippen LogP contribution in [0.5, 0.6) is 11.5 Å². The standard InChI is InChI=1S/C36H42N2O8S/c39-19-17-27-9-7-11-29(21-27)23-37-33(25-45-31-13-3-1-4-14-31)35(41)36(42)34(26-46-32-15-5-2-6-16-32)38(47(37,43)44)24-30-12-8-10-28(22-30)18-20-40/h1-16,21-22,33-36,39-42H,17-20,23-26H2/t33-,34-,35+,36+/m0/s1. The van der Waals surface area contributed by atoms with Gasteiger partial charge in [-0.25, -0.2) is 0 Å². The summed E-state index contributed by atoms with van der Waals surface area (Å²) in [4.78, 5) is 0. The first-order valence-corrected chi connectivity index (χ1v) is 17.1. The lowest BCUT2D eigenvalue weighted by atomic mass is 9.98. The fraction of sp³-hybridized carbons (Fsp3) is 0.333. The molecule has 250 valence electrons. The van der Waals surface area contributed by atoms with Crippen LogP contribution < -0.4 is 9.47 Å². The van der Waals surface area contributed by atoms with Crippen molar-refractivity contribution in [3.05, 3.63) is 131 Å². The molecule has 11 heteroatoms. The number of rotatable bonds is 14. The molecule has 0 aliphatic carbocycles. The van der Waals surface area contributed by atoms with Gasteiger partial charge in [-0.2, -0.15) is 17.0 Å². The highest BCUT2D eigenvalue weighted by Crippen LogP contribution is 2.32. The summed E-state index contributed by atoms with van der Waals surface area (Å²) in [5.74, 6) is 0.976. The van der Waals surface area contributed by atoms with Crippen molar-refractivity contribution in [3.8, 4) is 11.5 Å². The quantitative estimate of drug-likeness (QED) is 0.162. The van der Waals surface area contributed by atoms with Gasteiger partial charge in [-0.15, -0.1) is 0 Å². The molecule has 1 aliphatic rings. The lowest BCUT2D eigenvalue weighted by molar-refractivity contribution is -0.0565. The average molecular weight is 663 g/mol. The fourth-order valence-corrected chi connectivity index (χ4v) is 7.77. The van der Waals surface area contributed by atoms with Gasteiger partial charge in [-0.1, -0.05) is 84.9 Å². The van der Waals surface area contributed by atoms with Crippen molar-refractivity contribution >= 4 is 10.2 Å². The number of aliphatic hydroxyl groups excluding tert-OH is 4. The molecule has 0 unspecified atom stereocenters. The first-order chi connectivity index (χ1) is 22.8. The summed E-state index contributed by atoms with van der Waals surface area (Å²) >= 11 is 0. The van der Waals surface area contributed by atoms with E-state index in [4.69, 9.17) is 9.47 Å². The van der Waals surface area contributed by atoms with Gasteiger partial charge in [-0.3, -0.25) is 0 Å². The van der Waals surface area contributed by atoms with Crippen LogP contribution in [0.15, 0.2) is 109 Å². The maximum Gasteiger partial charge on any atom is 0.283 e. The third-order valence-electron chi connectivity index (χ3n) is 8.26. The molecule has 4 atom stereocenters. The Morgan fingerprint density at radius 3 is 1.32 bits per heavy atom. The van der Waals surface area contributed by atoms with Gasteiger partial charge in [0.25, 0.3) is 10.2 Å². The number of nitrogens with zero attached hydrogens (tertiary/aromatic N) is 2. The highest BCUT2D eigenvalue weighted by molar-refractivity contribution is 7.86. The summed E-state index contributed by atoms with van der Waals surface area (Å²) < 4.78 is 44.3. The summed E-state index contributed by atoms with van der Waals surface area (Å²) in [6, 6.07) is 29.9. The molecule has 0 saturated carbocycles. The number of benzene rings is 4. The number of aliphatic hydroxyl groups is 4. The summed E-state index contributed by atoms with van der Waals surface area (Å²) in [6.45, 7) is -0.830. The van der Waals surface area contributed by atoms with Crippen molar-refractivity contribution in [1.29, 1.82) is 0 Å². The van der Waals surface area contributed by atoms with E-state index in [9.17, 15) is 28.8 Å². The lowest BCUT2D eigenvalue weighted by Crippen LogP contribution is -2.52. The molecule has 5 rings (SSSR count). The molecule has 0 amide bonds. The predicted octanol–water partition coefficient (Wildman–Crippen LogP) is 2.94. The molecule has 1 heterocycles. The summed E-state index contributed by atoms with van der Waals surface area (Å²) in [6.07, 6.45) is -2.30. The second kappa shape index (κ2) is 16.3. The lowest BCUT2D eigenvalue weighted by Gasteiger charge is -2.34.